The zero-order valence-electron chi connectivity index (χ0n) is 9.11. The summed E-state index contributed by atoms with van der Waals surface area (Å²) in [5.41, 5.74) is 3.17. The molecular weight excluding hydrogens is 208 g/mol. The van der Waals surface area contributed by atoms with Gasteiger partial charge in [0.2, 0.25) is 0 Å². The van der Waals surface area contributed by atoms with E-state index in [0.29, 0.717) is 0 Å². The Morgan fingerprint density at radius 3 is 2.93 bits per heavy atom. The van der Waals surface area contributed by atoms with E-state index in [2.05, 4.69) is 22.3 Å². The van der Waals surface area contributed by atoms with Gasteiger partial charge >= 0.3 is 0 Å². The fourth-order valence-electron chi connectivity index (χ4n) is 1.43. The number of nitrogens with one attached hydrogen (secondary N) is 1. The normalized spacial score (nSPS) is 10.6. The molecule has 0 amide bonds. The molecule has 0 atom stereocenters. The first-order chi connectivity index (χ1) is 7.19. The largest absolute Gasteiger partial charge is 0.329 e. The van der Waals surface area contributed by atoms with Gasteiger partial charge in [0.1, 0.15) is 0 Å². The highest BCUT2D eigenvalue weighted by atomic mass is 32.1. The van der Waals surface area contributed by atoms with Gasteiger partial charge in [0, 0.05) is 18.6 Å². The third-order valence-corrected chi connectivity index (χ3v) is 2.98. The lowest BCUT2D eigenvalue weighted by molar-refractivity contribution is 0.746. The summed E-state index contributed by atoms with van der Waals surface area (Å²) in [5, 5.41) is 10.6. The van der Waals surface area contributed by atoms with E-state index in [4.69, 9.17) is 0 Å². The molecule has 0 saturated carbocycles. The Hall–Kier alpha value is -1.36. The minimum absolute atomic E-state index is 0.924. The molecule has 2 heterocycles. The minimum Gasteiger partial charge on any atom is -0.329 e. The van der Waals surface area contributed by atoms with E-state index in [0.717, 1.165) is 28.6 Å². The Labute approximate surface area is 93.0 Å². The SMILES string of the molecule is CCc1nn(C)cc1Nc1nc(C)cs1. The van der Waals surface area contributed by atoms with Crippen LogP contribution in [0.15, 0.2) is 11.6 Å². The molecule has 0 fully saturated rings. The molecule has 1 N–H and O–H groups in total. The lowest BCUT2D eigenvalue weighted by atomic mass is 10.3. The van der Waals surface area contributed by atoms with Gasteiger partial charge in [0.05, 0.1) is 17.1 Å². The second-order valence-corrected chi connectivity index (χ2v) is 4.29. The average Bonchev–Trinajstić information content (AvgIpc) is 2.73. The number of anilines is 2. The van der Waals surface area contributed by atoms with Crippen LogP contribution in [0.25, 0.3) is 0 Å². The summed E-state index contributed by atoms with van der Waals surface area (Å²) in [6.07, 6.45) is 2.91. The molecule has 0 unspecified atom stereocenters. The van der Waals surface area contributed by atoms with Crippen LogP contribution in [0.2, 0.25) is 0 Å². The summed E-state index contributed by atoms with van der Waals surface area (Å²) < 4.78 is 1.82. The van der Waals surface area contributed by atoms with Crippen molar-refractivity contribution in [1.29, 1.82) is 0 Å². The molecule has 15 heavy (non-hydrogen) atoms. The summed E-state index contributed by atoms with van der Waals surface area (Å²) in [5.74, 6) is 0. The first-order valence-corrected chi connectivity index (χ1v) is 5.78. The number of hydrogen-bond acceptors (Lipinski definition) is 4. The van der Waals surface area contributed by atoms with E-state index in [9.17, 15) is 0 Å². The Morgan fingerprint density at radius 1 is 1.53 bits per heavy atom. The van der Waals surface area contributed by atoms with Crippen molar-refractivity contribution in [3.63, 3.8) is 0 Å². The predicted molar refractivity (Wildman–Crippen MR) is 62.7 cm³/mol. The lowest BCUT2D eigenvalue weighted by Crippen LogP contribution is -1.92. The predicted octanol–water partition coefficient (Wildman–Crippen LogP) is 2.49. The Bertz CT molecular complexity index is 458. The Kier molecular flexibility index (Phi) is 2.73. The maximum absolute atomic E-state index is 4.36. The van der Waals surface area contributed by atoms with Crippen LogP contribution in [0, 0.1) is 6.92 Å². The molecule has 0 saturated heterocycles. The average molecular weight is 222 g/mol. The number of nitrogens with zero attached hydrogens (tertiary/aromatic N) is 3. The van der Waals surface area contributed by atoms with Crippen molar-refractivity contribution in [3.05, 3.63) is 23.0 Å². The molecule has 0 radical (unpaired) electrons. The third kappa shape index (κ3) is 2.18. The van der Waals surface area contributed by atoms with E-state index in [-0.39, 0.29) is 0 Å². The highest BCUT2D eigenvalue weighted by Gasteiger charge is 2.07. The van der Waals surface area contributed by atoms with Crippen molar-refractivity contribution in [2.24, 2.45) is 7.05 Å². The van der Waals surface area contributed by atoms with Gasteiger partial charge in [0.25, 0.3) is 0 Å². The van der Waals surface area contributed by atoms with Crippen molar-refractivity contribution in [2.45, 2.75) is 20.3 Å². The van der Waals surface area contributed by atoms with Gasteiger partial charge in [-0.15, -0.1) is 11.3 Å². The topological polar surface area (TPSA) is 42.7 Å². The van der Waals surface area contributed by atoms with Crippen molar-refractivity contribution in [3.8, 4) is 0 Å². The fourth-order valence-corrected chi connectivity index (χ4v) is 2.13. The summed E-state index contributed by atoms with van der Waals surface area (Å²) in [7, 11) is 1.93. The van der Waals surface area contributed by atoms with Crippen molar-refractivity contribution in [1.82, 2.24) is 14.8 Å². The lowest BCUT2D eigenvalue weighted by Gasteiger charge is -1.99. The van der Waals surface area contributed by atoms with Gasteiger partial charge < -0.3 is 5.32 Å². The molecule has 0 aliphatic rings. The minimum atomic E-state index is 0.924. The van der Waals surface area contributed by atoms with E-state index in [1.54, 1.807) is 11.3 Å². The first-order valence-electron chi connectivity index (χ1n) is 4.90. The summed E-state index contributed by atoms with van der Waals surface area (Å²) >= 11 is 1.61. The summed E-state index contributed by atoms with van der Waals surface area (Å²) in [4.78, 5) is 4.36. The molecule has 80 valence electrons. The van der Waals surface area contributed by atoms with Crippen LogP contribution in [0.5, 0.6) is 0 Å². The monoisotopic (exact) mass is 222 g/mol. The zero-order valence-corrected chi connectivity index (χ0v) is 9.93. The molecule has 2 aromatic rings. The quantitative estimate of drug-likeness (QED) is 0.867. The van der Waals surface area contributed by atoms with Crippen molar-refractivity contribution < 1.29 is 0 Å². The van der Waals surface area contributed by atoms with Gasteiger partial charge in [-0.2, -0.15) is 5.10 Å². The van der Waals surface area contributed by atoms with Crippen LogP contribution < -0.4 is 5.32 Å². The third-order valence-electron chi connectivity index (χ3n) is 2.10. The molecule has 0 aliphatic carbocycles. The zero-order chi connectivity index (χ0) is 10.8. The highest BCUT2D eigenvalue weighted by Crippen LogP contribution is 2.22. The number of rotatable bonds is 3. The molecule has 0 aromatic carbocycles. The molecule has 0 aliphatic heterocycles. The van der Waals surface area contributed by atoms with Gasteiger partial charge in [-0.05, 0) is 13.3 Å². The van der Waals surface area contributed by atoms with E-state index < -0.39 is 0 Å². The standard InChI is InChI=1S/C10H14N4S/c1-4-8-9(5-14(3)13-8)12-10-11-7(2)6-15-10/h5-6H,4H2,1-3H3,(H,11,12). The van der Waals surface area contributed by atoms with Crippen LogP contribution >= 0.6 is 11.3 Å². The van der Waals surface area contributed by atoms with Crippen LogP contribution in [0.3, 0.4) is 0 Å². The van der Waals surface area contributed by atoms with Crippen molar-refractivity contribution >= 4 is 22.2 Å². The van der Waals surface area contributed by atoms with Gasteiger partial charge in [-0.3, -0.25) is 4.68 Å². The maximum Gasteiger partial charge on any atom is 0.187 e. The van der Waals surface area contributed by atoms with Crippen LogP contribution in [0.4, 0.5) is 10.8 Å². The molecule has 0 bridgehead atoms. The second kappa shape index (κ2) is 4.02. The van der Waals surface area contributed by atoms with Crippen LogP contribution in [0.1, 0.15) is 18.3 Å². The number of aryl methyl sites for hydroxylation is 3. The Morgan fingerprint density at radius 2 is 2.33 bits per heavy atom. The summed E-state index contributed by atoms with van der Waals surface area (Å²) in [6.45, 7) is 4.09. The fraction of sp³-hybridized carbons (Fsp3) is 0.400. The Balaban J connectivity index is 2.23. The summed E-state index contributed by atoms with van der Waals surface area (Å²) in [6, 6.07) is 0. The number of hydrogen-bond donors (Lipinski definition) is 1. The smallest absolute Gasteiger partial charge is 0.187 e. The molecule has 2 rings (SSSR count). The maximum atomic E-state index is 4.36. The first kappa shape index (κ1) is 10.2. The number of aromatic nitrogens is 3. The molecule has 4 nitrogen and oxygen atoms in total. The molecule has 0 spiro atoms. The highest BCUT2D eigenvalue weighted by molar-refractivity contribution is 7.13. The van der Waals surface area contributed by atoms with Crippen LogP contribution in [-0.4, -0.2) is 14.8 Å². The second-order valence-electron chi connectivity index (χ2n) is 3.44. The number of thiazole rings is 1. The van der Waals surface area contributed by atoms with Crippen LogP contribution in [-0.2, 0) is 13.5 Å². The molecular formula is C10H14N4S. The van der Waals surface area contributed by atoms with Crippen molar-refractivity contribution in [2.75, 3.05) is 5.32 Å². The van der Waals surface area contributed by atoms with Gasteiger partial charge in [0.15, 0.2) is 5.13 Å². The van der Waals surface area contributed by atoms with Gasteiger partial charge in [-0.25, -0.2) is 4.98 Å². The molecule has 2 aromatic heterocycles. The van der Waals surface area contributed by atoms with Gasteiger partial charge in [-0.1, -0.05) is 6.92 Å². The molecule has 5 heteroatoms. The van der Waals surface area contributed by atoms with E-state index in [1.165, 1.54) is 0 Å². The van der Waals surface area contributed by atoms with E-state index >= 15 is 0 Å². The van der Waals surface area contributed by atoms with E-state index in [1.807, 2.05) is 30.2 Å².